The minimum atomic E-state index is -0.00940. The van der Waals surface area contributed by atoms with E-state index in [9.17, 15) is 4.79 Å². The molecule has 2 atom stereocenters. The average Bonchev–Trinajstić information content (AvgIpc) is 2.75. The molecule has 1 aromatic heterocycles. The van der Waals surface area contributed by atoms with Gasteiger partial charge < -0.3 is 10.6 Å². The van der Waals surface area contributed by atoms with Crippen molar-refractivity contribution in [3.63, 3.8) is 0 Å². The topological polar surface area (TPSA) is 64.2 Å². The Kier molecular flexibility index (Phi) is 4.24. The number of aryl methyl sites for hydroxylation is 2. The zero-order valence-electron chi connectivity index (χ0n) is 12.1. The molecule has 1 aromatic rings. The summed E-state index contributed by atoms with van der Waals surface area (Å²) in [5, 5.41) is 4.48. The Morgan fingerprint density at radius 2 is 2.21 bits per heavy atom. The summed E-state index contributed by atoms with van der Waals surface area (Å²) < 4.78 is 1.82. The van der Waals surface area contributed by atoms with Crippen LogP contribution in [0.3, 0.4) is 0 Å². The molecule has 106 valence electrons. The molecular weight excluding hydrogens is 240 g/mol. The normalized spacial score (nSPS) is 24.0. The number of aromatic nitrogens is 2. The number of carbonyl (C=O) groups is 1. The fourth-order valence-electron chi connectivity index (χ4n) is 2.96. The van der Waals surface area contributed by atoms with E-state index in [1.807, 2.05) is 22.8 Å². The van der Waals surface area contributed by atoms with Crippen LogP contribution in [0.25, 0.3) is 0 Å². The van der Waals surface area contributed by atoms with Crippen LogP contribution >= 0.6 is 0 Å². The van der Waals surface area contributed by atoms with Crippen LogP contribution in [0.15, 0.2) is 6.20 Å². The molecule has 0 radical (unpaired) electrons. The third kappa shape index (κ3) is 2.66. The molecule has 1 aliphatic rings. The second-order valence-corrected chi connectivity index (χ2v) is 5.29. The van der Waals surface area contributed by atoms with E-state index in [2.05, 4.69) is 18.9 Å². The molecule has 0 saturated carbocycles. The smallest absolute Gasteiger partial charge is 0.223 e. The highest BCUT2D eigenvalue weighted by Gasteiger charge is 2.36. The lowest BCUT2D eigenvalue weighted by Gasteiger charge is -2.39. The summed E-state index contributed by atoms with van der Waals surface area (Å²) >= 11 is 0. The molecule has 1 saturated heterocycles. The Bertz CT molecular complexity index is 454. The number of hydrogen-bond acceptors (Lipinski definition) is 3. The fraction of sp³-hybridized carbons (Fsp3) is 0.714. The Balaban J connectivity index is 2.38. The van der Waals surface area contributed by atoms with Crippen molar-refractivity contribution >= 4 is 5.91 Å². The maximum absolute atomic E-state index is 12.2. The summed E-state index contributed by atoms with van der Waals surface area (Å²) in [6.07, 6.45) is 5.18. The van der Waals surface area contributed by atoms with Gasteiger partial charge in [-0.15, -0.1) is 0 Å². The molecule has 0 bridgehead atoms. The van der Waals surface area contributed by atoms with Gasteiger partial charge in [-0.05, 0) is 19.3 Å². The Morgan fingerprint density at radius 1 is 1.47 bits per heavy atom. The molecule has 1 fully saturated rings. The van der Waals surface area contributed by atoms with Crippen LogP contribution < -0.4 is 5.73 Å². The average molecular weight is 264 g/mol. The summed E-state index contributed by atoms with van der Waals surface area (Å²) in [5.41, 5.74) is 8.47. The second-order valence-electron chi connectivity index (χ2n) is 5.29. The standard InChI is InChI=1S/C14H24N4O/c1-4-8-18-13(19)7-6-11(15)14(18)10-9-17(3)16-12(10)5-2/h9,11,14H,4-8,15H2,1-3H3. The minimum Gasteiger partial charge on any atom is -0.334 e. The van der Waals surface area contributed by atoms with E-state index in [4.69, 9.17) is 5.73 Å². The molecule has 2 N–H and O–H groups in total. The van der Waals surface area contributed by atoms with E-state index < -0.39 is 0 Å². The predicted octanol–water partition coefficient (Wildman–Crippen LogP) is 1.38. The molecule has 2 rings (SSSR count). The highest BCUT2D eigenvalue weighted by molar-refractivity contribution is 5.78. The van der Waals surface area contributed by atoms with Crippen LogP contribution in [-0.4, -0.2) is 33.2 Å². The number of hydrogen-bond donors (Lipinski definition) is 1. The SMILES string of the molecule is CCCN1C(=O)CCC(N)C1c1cn(C)nc1CC. The van der Waals surface area contributed by atoms with Crippen LogP contribution in [0.5, 0.6) is 0 Å². The summed E-state index contributed by atoms with van der Waals surface area (Å²) in [4.78, 5) is 14.1. The zero-order valence-corrected chi connectivity index (χ0v) is 12.1. The molecule has 5 nitrogen and oxygen atoms in total. The van der Waals surface area contributed by atoms with Crippen molar-refractivity contribution in [2.75, 3.05) is 6.54 Å². The quantitative estimate of drug-likeness (QED) is 0.893. The van der Waals surface area contributed by atoms with E-state index in [-0.39, 0.29) is 18.0 Å². The number of piperidine rings is 1. The highest BCUT2D eigenvalue weighted by atomic mass is 16.2. The van der Waals surface area contributed by atoms with Crippen LogP contribution in [0, 0.1) is 0 Å². The van der Waals surface area contributed by atoms with Crippen molar-refractivity contribution in [2.45, 2.75) is 51.6 Å². The lowest BCUT2D eigenvalue weighted by molar-refractivity contribution is -0.137. The molecule has 2 heterocycles. The van der Waals surface area contributed by atoms with Gasteiger partial charge in [0, 0.05) is 37.8 Å². The first-order valence-corrected chi connectivity index (χ1v) is 7.15. The number of rotatable bonds is 4. The van der Waals surface area contributed by atoms with Crippen molar-refractivity contribution in [3.8, 4) is 0 Å². The van der Waals surface area contributed by atoms with Gasteiger partial charge in [-0.25, -0.2) is 0 Å². The Labute approximate surface area is 114 Å². The summed E-state index contributed by atoms with van der Waals surface area (Å²) in [6, 6.07) is 0.00333. The van der Waals surface area contributed by atoms with Gasteiger partial charge in [-0.1, -0.05) is 13.8 Å². The van der Waals surface area contributed by atoms with Crippen molar-refractivity contribution in [2.24, 2.45) is 12.8 Å². The summed E-state index contributed by atoms with van der Waals surface area (Å²) in [6.45, 7) is 4.95. The Hall–Kier alpha value is -1.36. The van der Waals surface area contributed by atoms with E-state index in [0.29, 0.717) is 6.42 Å². The minimum absolute atomic E-state index is 0.00940. The maximum Gasteiger partial charge on any atom is 0.223 e. The second kappa shape index (κ2) is 5.74. The van der Waals surface area contributed by atoms with Gasteiger partial charge in [0.05, 0.1) is 11.7 Å². The van der Waals surface area contributed by atoms with Gasteiger partial charge in [0.2, 0.25) is 5.91 Å². The number of carbonyl (C=O) groups excluding carboxylic acids is 1. The van der Waals surface area contributed by atoms with Gasteiger partial charge in [0.25, 0.3) is 0 Å². The molecule has 19 heavy (non-hydrogen) atoms. The van der Waals surface area contributed by atoms with Crippen LogP contribution in [0.4, 0.5) is 0 Å². The van der Waals surface area contributed by atoms with Crippen molar-refractivity contribution < 1.29 is 4.79 Å². The third-order valence-corrected chi connectivity index (χ3v) is 3.81. The molecule has 0 spiro atoms. The van der Waals surface area contributed by atoms with E-state index in [0.717, 1.165) is 37.1 Å². The lowest BCUT2D eigenvalue weighted by atomic mass is 9.90. The first-order valence-electron chi connectivity index (χ1n) is 7.15. The molecule has 0 aliphatic carbocycles. The zero-order chi connectivity index (χ0) is 14.0. The van der Waals surface area contributed by atoms with E-state index in [1.54, 1.807) is 0 Å². The first-order chi connectivity index (χ1) is 9.08. The Morgan fingerprint density at radius 3 is 2.84 bits per heavy atom. The van der Waals surface area contributed by atoms with Gasteiger partial charge in [0.15, 0.2) is 0 Å². The van der Waals surface area contributed by atoms with E-state index >= 15 is 0 Å². The molecule has 1 amide bonds. The largest absolute Gasteiger partial charge is 0.334 e. The molecule has 5 heteroatoms. The number of nitrogens with two attached hydrogens (primary N) is 1. The first kappa shape index (κ1) is 14.1. The van der Waals surface area contributed by atoms with Gasteiger partial charge in [0.1, 0.15) is 0 Å². The maximum atomic E-state index is 12.2. The molecule has 1 aliphatic heterocycles. The molecular formula is C14H24N4O. The highest BCUT2D eigenvalue weighted by Crippen LogP contribution is 2.32. The van der Waals surface area contributed by atoms with Crippen LogP contribution in [-0.2, 0) is 18.3 Å². The van der Waals surface area contributed by atoms with E-state index in [1.165, 1.54) is 0 Å². The molecule has 2 unspecified atom stereocenters. The van der Waals surface area contributed by atoms with Crippen LogP contribution in [0.1, 0.15) is 50.4 Å². The van der Waals surface area contributed by atoms with Gasteiger partial charge in [-0.2, -0.15) is 5.10 Å². The number of amides is 1. The monoisotopic (exact) mass is 264 g/mol. The lowest BCUT2D eigenvalue weighted by Crippen LogP contribution is -2.49. The number of likely N-dealkylation sites (tertiary alicyclic amines) is 1. The van der Waals surface area contributed by atoms with Crippen molar-refractivity contribution in [1.82, 2.24) is 14.7 Å². The van der Waals surface area contributed by atoms with Gasteiger partial charge in [-0.3, -0.25) is 9.48 Å². The van der Waals surface area contributed by atoms with Gasteiger partial charge >= 0.3 is 0 Å². The fourth-order valence-corrected chi connectivity index (χ4v) is 2.96. The van der Waals surface area contributed by atoms with Crippen LogP contribution in [0.2, 0.25) is 0 Å². The third-order valence-electron chi connectivity index (χ3n) is 3.81. The predicted molar refractivity (Wildman–Crippen MR) is 74.5 cm³/mol. The summed E-state index contributed by atoms with van der Waals surface area (Å²) in [7, 11) is 1.92. The number of nitrogens with zero attached hydrogens (tertiary/aromatic N) is 3. The van der Waals surface area contributed by atoms with Crippen molar-refractivity contribution in [3.05, 3.63) is 17.5 Å². The van der Waals surface area contributed by atoms with Crippen molar-refractivity contribution in [1.29, 1.82) is 0 Å². The summed E-state index contributed by atoms with van der Waals surface area (Å²) in [5.74, 6) is 0.222. The molecule has 0 aromatic carbocycles.